The number of nitrogens with one attached hydrogen (secondary N) is 1. The molecule has 1 aromatic rings. The first-order valence-electron chi connectivity index (χ1n) is 5.58. The molecule has 0 heterocycles. The standard InChI is InChI=1S/C13H13BrFNO/c14-9-6-7-11(12(15)8-9)13(17)16-10-4-2-1-3-5-10/h1-2,6-8,10H,3-5H2,(H,16,17). The predicted octanol–water partition coefficient (Wildman–Crippen LogP) is 3.43. The van der Waals surface area contributed by atoms with Crippen LogP contribution in [0.1, 0.15) is 29.6 Å². The van der Waals surface area contributed by atoms with E-state index >= 15 is 0 Å². The van der Waals surface area contributed by atoms with Crippen LogP contribution in [0.15, 0.2) is 34.8 Å². The van der Waals surface area contributed by atoms with E-state index in [9.17, 15) is 9.18 Å². The Labute approximate surface area is 108 Å². The molecule has 1 unspecified atom stereocenters. The number of allylic oxidation sites excluding steroid dienone is 1. The number of rotatable bonds is 2. The van der Waals surface area contributed by atoms with Crippen LogP contribution in [0.5, 0.6) is 0 Å². The van der Waals surface area contributed by atoms with Gasteiger partial charge in [-0.2, -0.15) is 0 Å². The summed E-state index contributed by atoms with van der Waals surface area (Å²) in [4.78, 5) is 11.9. The molecule has 4 heteroatoms. The molecule has 0 aliphatic heterocycles. The molecule has 0 saturated carbocycles. The van der Waals surface area contributed by atoms with Gasteiger partial charge in [-0.3, -0.25) is 4.79 Å². The van der Waals surface area contributed by atoms with Crippen LogP contribution in [0.2, 0.25) is 0 Å². The lowest BCUT2D eigenvalue weighted by Crippen LogP contribution is -2.35. The minimum Gasteiger partial charge on any atom is -0.349 e. The molecular weight excluding hydrogens is 285 g/mol. The van der Waals surface area contributed by atoms with Crippen molar-refractivity contribution in [3.05, 3.63) is 46.2 Å². The van der Waals surface area contributed by atoms with E-state index in [2.05, 4.69) is 27.3 Å². The summed E-state index contributed by atoms with van der Waals surface area (Å²) < 4.78 is 14.2. The maximum Gasteiger partial charge on any atom is 0.254 e. The highest BCUT2D eigenvalue weighted by Gasteiger charge is 2.16. The van der Waals surface area contributed by atoms with Gasteiger partial charge in [0.1, 0.15) is 5.82 Å². The zero-order valence-electron chi connectivity index (χ0n) is 9.25. The molecule has 1 atom stereocenters. The fourth-order valence-electron chi connectivity index (χ4n) is 1.86. The summed E-state index contributed by atoms with van der Waals surface area (Å²) in [7, 11) is 0. The summed E-state index contributed by atoms with van der Waals surface area (Å²) in [5.74, 6) is -0.835. The zero-order chi connectivity index (χ0) is 12.3. The highest BCUT2D eigenvalue weighted by Crippen LogP contribution is 2.16. The fourth-order valence-corrected chi connectivity index (χ4v) is 2.19. The fraction of sp³-hybridized carbons (Fsp3) is 0.308. The predicted molar refractivity (Wildman–Crippen MR) is 68.3 cm³/mol. The lowest BCUT2D eigenvalue weighted by atomic mass is 10.0. The number of hydrogen-bond acceptors (Lipinski definition) is 1. The van der Waals surface area contributed by atoms with E-state index in [1.807, 2.05) is 6.08 Å². The summed E-state index contributed by atoms with van der Waals surface area (Å²) in [6.07, 6.45) is 6.85. The van der Waals surface area contributed by atoms with Crippen molar-refractivity contribution in [2.24, 2.45) is 0 Å². The molecule has 0 aromatic heterocycles. The second-order valence-corrected chi connectivity index (χ2v) is 4.99. The van der Waals surface area contributed by atoms with Gasteiger partial charge in [0.15, 0.2) is 0 Å². The van der Waals surface area contributed by atoms with E-state index in [4.69, 9.17) is 0 Å². The van der Waals surface area contributed by atoms with Gasteiger partial charge in [0.05, 0.1) is 5.56 Å². The van der Waals surface area contributed by atoms with Gasteiger partial charge in [-0.15, -0.1) is 0 Å². The van der Waals surface area contributed by atoms with E-state index in [1.165, 1.54) is 12.1 Å². The van der Waals surface area contributed by atoms with Crippen molar-refractivity contribution in [3.8, 4) is 0 Å². The number of hydrogen-bond donors (Lipinski definition) is 1. The number of benzene rings is 1. The highest BCUT2D eigenvalue weighted by molar-refractivity contribution is 9.10. The Bertz CT molecular complexity index is 459. The van der Waals surface area contributed by atoms with Crippen molar-refractivity contribution in [2.75, 3.05) is 0 Å². The van der Waals surface area contributed by atoms with E-state index in [0.29, 0.717) is 4.47 Å². The van der Waals surface area contributed by atoms with E-state index in [-0.39, 0.29) is 17.5 Å². The summed E-state index contributed by atoms with van der Waals surface area (Å²) in [5, 5.41) is 2.85. The minimum atomic E-state index is -0.497. The monoisotopic (exact) mass is 297 g/mol. The van der Waals surface area contributed by atoms with E-state index in [1.54, 1.807) is 6.07 Å². The Balaban J connectivity index is 2.06. The van der Waals surface area contributed by atoms with Crippen LogP contribution in [-0.4, -0.2) is 11.9 Å². The third kappa shape index (κ3) is 3.16. The number of carbonyl (C=O) groups is 1. The van der Waals surface area contributed by atoms with Gasteiger partial charge < -0.3 is 5.32 Å². The molecule has 1 amide bonds. The maximum atomic E-state index is 13.6. The minimum absolute atomic E-state index is 0.0998. The second kappa shape index (κ2) is 5.45. The summed E-state index contributed by atoms with van der Waals surface area (Å²) in [6, 6.07) is 4.58. The Kier molecular flexibility index (Phi) is 3.94. The highest BCUT2D eigenvalue weighted by atomic mass is 79.9. The summed E-state index contributed by atoms with van der Waals surface area (Å²) in [5.41, 5.74) is 0.0998. The van der Waals surface area contributed by atoms with Crippen LogP contribution in [0.4, 0.5) is 4.39 Å². The molecule has 1 aliphatic rings. The summed E-state index contributed by atoms with van der Waals surface area (Å²) in [6.45, 7) is 0. The van der Waals surface area contributed by atoms with Crippen molar-refractivity contribution < 1.29 is 9.18 Å². The Morgan fingerprint density at radius 1 is 1.41 bits per heavy atom. The molecule has 1 aliphatic carbocycles. The first kappa shape index (κ1) is 12.3. The van der Waals surface area contributed by atoms with Gasteiger partial charge in [0, 0.05) is 10.5 Å². The van der Waals surface area contributed by atoms with Crippen LogP contribution in [0, 0.1) is 5.82 Å². The van der Waals surface area contributed by atoms with Crippen molar-refractivity contribution in [2.45, 2.75) is 25.3 Å². The van der Waals surface area contributed by atoms with Crippen LogP contribution in [0.25, 0.3) is 0 Å². The van der Waals surface area contributed by atoms with Crippen molar-refractivity contribution in [1.29, 1.82) is 0 Å². The second-order valence-electron chi connectivity index (χ2n) is 4.08. The number of carbonyl (C=O) groups excluding carboxylic acids is 1. The van der Waals surface area contributed by atoms with Crippen molar-refractivity contribution in [3.63, 3.8) is 0 Å². The van der Waals surface area contributed by atoms with Crippen LogP contribution >= 0.6 is 15.9 Å². The third-order valence-electron chi connectivity index (χ3n) is 2.78. The molecule has 0 spiro atoms. The Morgan fingerprint density at radius 2 is 2.24 bits per heavy atom. The molecule has 1 aromatic carbocycles. The first-order valence-corrected chi connectivity index (χ1v) is 6.37. The van der Waals surface area contributed by atoms with E-state index in [0.717, 1.165) is 19.3 Å². The molecule has 0 fully saturated rings. The van der Waals surface area contributed by atoms with Gasteiger partial charge in [-0.25, -0.2) is 4.39 Å². The van der Waals surface area contributed by atoms with Gasteiger partial charge in [0.2, 0.25) is 0 Å². The first-order chi connectivity index (χ1) is 8.16. The average Bonchev–Trinajstić information content (AvgIpc) is 2.30. The van der Waals surface area contributed by atoms with Gasteiger partial charge in [-0.1, -0.05) is 28.1 Å². The Hall–Kier alpha value is -1.16. The molecule has 17 heavy (non-hydrogen) atoms. The lowest BCUT2D eigenvalue weighted by molar-refractivity contribution is 0.0930. The van der Waals surface area contributed by atoms with Gasteiger partial charge in [-0.05, 0) is 37.5 Å². The van der Waals surface area contributed by atoms with E-state index < -0.39 is 5.82 Å². The molecule has 90 valence electrons. The largest absolute Gasteiger partial charge is 0.349 e. The average molecular weight is 298 g/mol. The van der Waals surface area contributed by atoms with Crippen molar-refractivity contribution in [1.82, 2.24) is 5.32 Å². The molecule has 0 radical (unpaired) electrons. The van der Waals surface area contributed by atoms with Crippen LogP contribution in [0.3, 0.4) is 0 Å². The van der Waals surface area contributed by atoms with Gasteiger partial charge in [0.25, 0.3) is 5.91 Å². The number of halogens is 2. The SMILES string of the molecule is O=C(NC1CC=CCC1)c1ccc(Br)cc1F. The maximum absolute atomic E-state index is 13.6. The number of amides is 1. The lowest BCUT2D eigenvalue weighted by Gasteiger charge is -2.19. The molecule has 1 N–H and O–H groups in total. The van der Waals surface area contributed by atoms with Crippen molar-refractivity contribution >= 4 is 21.8 Å². The van der Waals surface area contributed by atoms with Crippen LogP contribution in [-0.2, 0) is 0 Å². The van der Waals surface area contributed by atoms with Gasteiger partial charge >= 0.3 is 0 Å². The third-order valence-corrected chi connectivity index (χ3v) is 3.27. The topological polar surface area (TPSA) is 29.1 Å². The molecule has 0 bridgehead atoms. The Morgan fingerprint density at radius 3 is 2.88 bits per heavy atom. The molecule has 2 rings (SSSR count). The normalized spacial score (nSPS) is 19.1. The quantitative estimate of drug-likeness (QED) is 0.833. The smallest absolute Gasteiger partial charge is 0.254 e. The molecule has 0 saturated heterocycles. The molecule has 2 nitrogen and oxygen atoms in total. The molecular formula is C13H13BrFNO. The van der Waals surface area contributed by atoms with Crippen LogP contribution < -0.4 is 5.32 Å². The zero-order valence-corrected chi connectivity index (χ0v) is 10.8. The summed E-state index contributed by atoms with van der Waals surface area (Å²) >= 11 is 3.16.